The maximum atomic E-state index is 7.24. The third kappa shape index (κ3) is 5.71. The minimum Gasteiger partial charge on any atom is -0.455 e. The Morgan fingerprint density at radius 3 is 2.03 bits per heavy atom. The van der Waals surface area contributed by atoms with Crippen molar-refractivity contribution in [2.24, 2.45) is 0 Å². The van der Waals surface area contributed by atoms with E-state index in [0.29, 0.717) is 0 Å². The Labute approximate surface area is 375 Å². The Morgan fingerprint density at radius 1 is 0.635 bits per heavy atom. The zero-order valence-electron chi connectivity index (χ0n) is 38.2. The van der Waals surface area contributed by atoms with Gasteiger partial charge in [0.1, 0.15) is 11.2 Å². The fourth-order valence-corrected chi connectivity index (χ4v) is 12.1. The Morgan fingerprint density at radius 2 is 1.30 bits per heavy atom. The van der Waals surface area contributed by atoms with Crippen molar-refractivity contribution < 1.29 is 4.42 Å². The maximum absolute atomic E-state index is 7.24. The lowest BCUT2D eigenvalue weighted by Crippen LogP contribution is -2.37. The van der Waals surface area contributed by atoms with Gasteiger partial charge in [-0.25, -0.2) is 0 Å². The van der Waals surface area contributed by atoms with Crippen molar-refractivity contribution >= 4 is 105 Å². The van der Waals surface area contributed by atoms with E-state index in [-0.39, 0.29) is 21.7 Å². The lowest BCUT2D eigenvalue weighted by atomic mass is 9.58. The molecule has 3 nitrogen and oxygen atoms in total. The van der Waals surface area contributed by atoms with Crippen LogP contribution in [0.1, 0.15) is 104 Å². The molecule has 0 saturated heterocycles. The number of thiophene rings is 1. The average molecular weight is 838 g/mol. The third-order valence-corrected chi connectivity index (χ3v) is 15.9. The summed E-state index contributed by atoms with van der Waals surface area (Å²) >= 11 is 1.89. The van der Waals surface area contributed by atoms with Crippen molar-refractivity contribution in [2.75, 3.05) is 5.32 Å². The van der Waals surface area contributed by atoms with Gasteiger partial charge in [-0.05, 0) is 128 Å². The molecule has 2 aliphatic rings. The molecule has 1 aliphatic heterocycles. The number of furan rings is 1. The summed E-state index contributed by atoms with van der Waals surface area (Å²) < 4.78 is 12.4. The summed E-state index contributed by atoms with van der Waals surface area (Å²) in [4.78, 5) is 0. The van der Waals surface area contributed by atoms with Crippen LogP contribution in [0, 0.1) is 0 Å². The van der Waals surface area contributed by atoms with Gasteiger partial charge >= 0.3 is 0 Å². The highest BCUT2D eigenvalue weighted by Gasteiger charge is 2.39. The predicted molar refractivity (Wildman–Crippen MR) is 274 cm³/mol. The van der Waals surface area contributed by atoms with E-state index in [1.54, 1.807) is 0 Å². The third-order valence-electron chi connectivity index (χ3n) is 14.8. The summed E-state index contributed by atoms with van der Waals surface area (Å²) in [6.07, 6.45) is 2.28. The summed E-state index contributed by atoms with van der Waals surface area (Å²) in [5, 5.41) is 11.4. The van der Waals surface area contributed by atoms with E-state index in [2.05, 4.69) is 202 Å². The maximum Gasteiger partial charge on any atom is 0.197 e. The number of rotatable bonds is 3. The van der Waals surface area contributed by atoms with Crippen molar-refractivity contribution in [3.63, 3.8) is 0 Å². The molecule has 1 N–H and O–H groups in total. The second-order valence-corrected chi connectivity index (χ2v) is 23.0. The molecule has 4 heterocycles. The van der Waals surface area contributed by atoms with E-state index in [4.69, 9.17) is 4.42 Å². The van der Waals surface area contributed by atoms with Crippen LogP contribution in [0.3, 0.4) is 0 Å². The summed E-state index contributed by atoms with van der Waals surface area (Å²) in [5.74, 6) is 0. The van der Waals surface area contributed by atoms with Gasteiger partial charge in [0, 0.05) is 53.6 Å². The molecule has 0 spiro atoms. The summed E-state index contributed by atoms with van der Waals surface area (Å²) in [6.45, 7) is 23.6. The van der Waals surface area contributed by atoms with Crippen molar-refractivity contribution in [2.45, 2.75) is 104 Å². The van der Waals surface area contributed by atoms with Crippen molar-refractivity contribution in [1.82, 2.24) is 4.57 Å². The number of aromatic nitrogens is 1. The number of fused-ring (bicyclic) bond motifs is 13. The highest BCUT2D eigenvalue weighted by molar-refractivity contribution is 7.25. The van der Waals surface area contributed by atoms with Crippen LogP contribution >= 0.6 is 11.3 Å². The summed E-state index contributed by atoms with van der Waals surface area (Å²) in [6, 6.07) is 43.8. The van der Waals surface area contributed by atoms with Crippen LogP contribution in [0.4, 0.5) is 11.4 Å². The predicted octanol–water partition coefficient (Wildman–Crippen LogP) is 15.4. The fraction of sp³-hybridized carbons (Fsp3) is 0.276. The SMILES string of the molecule is CC(C)(C)c1ccc(Nc2cc3c(cc2-c2c4c5c(c6cc(C(C)(C)C)ccc6n5-c5cc6sc7ccccc7c6cc5[B]4)c4oc5ccccc5c24)C(C)(C)CCC3(C)C)cc1. The first-order chi connectivity index (χ1) is 30.0. The molecule has 7 aromatic carbocycles. The fourth-order valence-electron chi connectivity index (χ4n) is 11.0. The molecule has 0 amide bonds. The first kappa shape index (κ1) is 38.9. The van der Waals surface area contributed by atoms with E-state index in [1.165, 1.54) is 97.4 Å². The number of benzene rings is 7. The molecule has 0 bridgehead atoms. The molecule has 0 unspecified atom stereocenters. The highest BCUT2D eigenvalue weighted by atomic mass is 32.1. The number of anilines is 2. The monoisotopic (exact) mass is 837 g/mol. The standard InChI is InChI=1S/C58H54BN2OS/c1-55(2,3)32-19-22-34(23-20-32)60-43-30-41-40(57(7,8)25-26-58(41,9)10)28-38(43)49-50-36-16-11-13-17-46(36)62-54(50)51-39-27-33(56(4,5)6)21-24-44(39)61-45-31-48-37(29-42(45)59-52(49)53(51)61)35-15-12-14-18-47(35)63-48/h11-24,27-31,60H,25-26H2,1-10H3. The Bertz CT molecular complexity index is 3580. The molecular weight excluding hydrogens is 784 g/mol. The van der Waals surface area contributed by atoms with Crippen LogP contribution in [0.2, 0.25) is 0 Å². The van der Waals surface area contributed by atoms with Crippen LogP contribution in [0.25, 0.3) is 80.7 Å². The second-order valence-electron chi connectivity index (χ2n) is 21.9. The second kappa shape index (κ2) is 12.9. The number of para-hydroxylation sites is 1. The molecule has 5 heteroatoms. The van der Waals surface area contributed by atoms with Gasteiger partial charge in [-0.2, -0.15) is 0 Å². The van der Waals surface area contributed by atoms with E-state index in [0.717, 1.165) is 40.8 Å². The first-order valence-electron chi connectivity index (χ1n) is 22.8. The molecule has 1 aliphatic carbocycles. The number of nitrogens with zero attached hydrogens (tertiary/aromatic N) is 1. The highest BCUT2D eigenvalue weighted by Crippen LogP contribution is 2.52. The number of hydrogen-bond acceptors (Lipinski definition) is 3. The summed E-state index contributed by atoms with van der Waals surface area (Å²) in [5.41, 5.74) is 18.2. The lowest BCUT2D eigenvalue weighted by Gasteiger charge is -2.42. The van der Waals surface area contributed by atoms with Gasteiger partial charge in [-0.1, -0.05) is 135 Å². The zero-order valence-corrected chi connectivity index (χ0v) is 39.0. The zero-order chi connectivity index (χ0) is 43.5. The van der Waals surface area contributed by atoms with E-state index in [9.17, 15) is 0 Å². The topological polar surface area (TPSA) is 30.1 Å². The van der Waals surface area contributed by atoms with E-state index < -0.39 is 0 Å². The molecular formula is C58H54BN2OS. The van der Waals surface area contributed by atoms with E-state index in [1.807, 2.05) is 11.3 Å². The smallest absolute Gasteiger partial charge is 0.197 e. The van der Waals surface area contributed by atoms with Gasteiger partial charge < -0.3 is 14.3 Å². The van der Waals surface area contributed by atoms with E-state index >= 15 is 0 Å². The van der Waals surface area contributed by atoms with Crippen molar-refractivity contribution in [1.29, 1.82) is 0 Å². The minimum atomic E-state index is -0.0266. The van der Waals surface area contributed by atoms with Crippen molar-refractivity contribution in [3.8, 4) is 16.8 Å². The van der Waals surface area contributed by atoms with Gasteiger partial charge in [-0.15, -0.1) is 11.3 Å². The van der Waals surface area contributed by atoms with Crippen molar-refractivity contribution in [3.05, 3.63) is 138 Å². The van der Waals surface area contributed by atoms with Crippen LogP contribution in [0.15, 0.2) is 120 Å². The Hall–Kier alpha value is -5.78. The first-order valence-corrected chi connectivity index (χ1v) is 23.6. The van der Waals surface area contributed by atoms with Gasteiger partial charge in [0.05, 0.1) is 16.4 Å². The largest absolute Gasteiger partial charge is 0.455 e. The van der Waals surface area contributed by atoms with Gasteiger partial charge in [0.2, 0.25) is 0 Å². The Balaban J connectivity index is 1.26. The molecule has 63 heavy (non-hydrogen) atoms. The molecule has 311 valence electrons. The van der Waals surface area contributed by atoms with Crippen LogP contribution in [0.5, 0.6) is 0 Å². The molecule has 3 aromatic heterocycles. The minimum absolute atomic E-state index is 0.00554. The van der Waals surface area contributed by atoms with Crippen LogP contribution < -0.4 is 16.2 Å². The molecule has 0 fully saturated rings. The summed E-state index contributed by atoms with van der Waals surface area (Å²) in [7, 11) is 2.51. The quantitative estimate of drug-likeness (QED) is 0.180. The molecule has 0 atom stereocenters. The van der Waals surface area contributed by atoms with Gasteiger partial charge in [0.25, 0.3) is 0 Å². The molecule has 0 saturated carbocycles. The molecule has 12 rings (SSSR count). The van der Waals surface area contributed by atoms with Crippen LogP contribution in [-0.4, -0.2) is 11.8 Å². The van der Waals surface area contributed by atoms with Gasteiger partial charge in [0.15, 0.2) is 7.28 Å². The van der Waals surface area contributed by atoms with Crippen LogP contribution in [-0.2, 0) is 21.7 Å². The van der Waals surface area contributed by atoms with Gasteiger partial charge in [-0.3, -0.25) is 0 Å². The lowest BCUT2D eigenvalue weighted by molar-refractivity contribution is 0.332. The normalized spacial score (nSPS) is 15.7. The molecule has 1 radical (unpaired) electrons. The number of hydrogen-bond donors (Lipinski definition) is 1. The average Bonchev–Trinajstić information content (AvgIpc) is 3.92. The Kier molecular flexibility index (Phi) is 7.97. The molecule has 10 aromatic rings. The number of nitrogens with one attached hydrogen (secondary N) is 1.